The number of rotatable bonds is 8. The highest BCUT2D eigenvalue weighted by atomic mass is 14.5. The van der Waals surface area contributed by atoms with E-state index in [0.29, 0.717) is 0 Å². The van der Waals surface area contributed by atoms with Crippen LogP contribution in [0.25, 0.3) is 0 Å². The molecular formula is C12H27N. The first kappa shape index (κ1) is 13.0. The monoisotopic (exact) mass is 185 g/mol. The largest absolute Gasteiger partial charge is 0.330 e. The highest BCUT2D eigenvalue weighted by Crippen LogP contribution is 2.15. The molecule has 0 aliphatic carbocycles. The summed E-state index contributed by atoms with van der Waals surface area (Å²) in [5.74, 6) is 1.65. The molecule has 2 N–H and O–H groups in total. The van der Waals surface area contributed by atoms with Crippen LogP contribution in [0.2, 0.25) is 0 Å². The van der Waals surface area contributed by atoms with Gasteiger partial charge in [-0.1, -0.05) is 46.5 Å². The van der Waals surface area contributed by atoms with E-state index < -0.39 is 0 Å². The van der Waals surface area contributed by atoms with Crippen molar-refractivity contribution >= 4 is 0 Å². The Kier molecular flexibility index (Phi) is 8.53. The first-order chi connectivity index (χ1) is 6.20. The zero-order valence-corrected chi connectivity index (χ0v) is 9.68. The van der Waals surface area contributed by atoms with Crippen molar-refractivity contribution in [3.05, 3.63) is 0 Å². The SMILES string of the molecule is CCCC(CN)CCCCC(C)C. The van der Waals surface area contributed by atoms with Gasteiger partial charge in [0.2, 0.25) is 0 Å². The third kappa shape index (κ3) is 8.29. The molecule has 0 aliphatic heterocycles. The highest BCUT2D eigenvalue weighted by Gasteiger charge is 2.04. The number of unbranched alkanes of at least 4 members (excludes halogenated alkanes) is 1. The summed E-state index contributed by atoms with van der Waals surface area (Å²) in [5.41, 5.74) is 5.70. The van der Waals surface area contributed by atoms with Crippen molar-refractivity contribution in [2.45, 2.75) is 59.3 Å². The van der Waals surface area contributed by atoms with Crippen LogP contribution in [0, 0.1) is 11.8 Å². The molecule has 1 heteroatoms. The van der Waals surface area contributed by atoms with Gasteiger partial charge in [-0.25, -0.2) is 0 Å². The van der Waals surface area contributed by atoms with Gasteiger partial charge < -0.3 is 5.73 Å². The van der Waals surface area contributed by atoms with E-state index in [-0.39, 0.29) is 0 Å². The second kappa shape index (κ2) is 8.55. The molecule has 0 aromatic carbocycles. The van der Waals surface area contributed by atoms with Gasteiger partial charge in [-0.15, -0.1) is 0 Å². The minimum atomic E-state index is 0.789. The molecule has 0 radical (unpaired) electrons. The summed E-state index contributed by atoms with van der Waals surface area (Å²) in [6.07, 6.45) is 8.09. The minimum absolute atomic E-state index is 0.789. The summed E-state index contributed by atoms with van der Waals surface area (Å²) in [6.45, 7) is 7.73. The molecule has 0 saturated carbocycles. The molecule has 0 aliphatic rings. The third-order valence-corrected chi connectivity index (χ3v) is 2.67. The van der Waals surface area contributed by atoms with Gasteiger partial charge in [-0.3, -0.25) is 0 Å². The molecule has 0 heterocycles. The Labute approximate surface area is 84.1 Å². The van der Waals surface area contributed by atoms with Crippen molar-refractivity contribution in [1.29, 1.82) is 0 Å². The summed E-state index contributed by atoms with van der Waals surface area (Å²) < 4.78 is 0. The number of hydrogen-bond donors (Lipinski definition) is 1. The predicted octanol–water partition coefficient (Wildman–Crippen LogP) is 3.58. The van der Waals surface area contributed by atoms with E-state index >= 15 is 0 Å². The highest BCUT2D eigenvalue weighted by molar-refractivity contribution is 4.59. The first-order valence-electron chi connectivity index (χ1n) is 5.90. The Morgan fingerprint density at radius 1 is 1.00 bits per heavy atom. The van der Waals surface area contributed by atoms with Crippen LogP contribution in [0.15, 0.2) is 0 Å². The van der Waals surface area contributed by atoms with Crippen molar-refractivity contribution in [1.82, 2.24) is 0 Å². The summed E-state index contributed by atoms with van der Waals surface area (Å²) >= 11 is 0. The topological polar surface area (TPSA) is 26.0 Å². The van der Waals surface area contributed by atoms with E-state index in [9.17, 15) is 0 Å². The second-order valence-electron chi connectivity index (χ2n) is 4.57. The van der Waals surface area contributed by atoms with Crippen molar-refractivity contribution in [3.63, 3.8) is 0 Å². The lowest BCUT2D eigenvalue weighted by molar-refractivity contribution is 0.418. The standard InChI is InChI=1S/C12H27N/c1-4-7-12(10-13)9-6-5-8-11(2)3/h11-12H,4-10,13H2,1-3H3. The van der Waals surface area contributed by atoms with Gasteiger partial charge in [-0.05, 0) is 31.2 Å². The Morgan fingerprint density at radius 2 is 1.62 bits per heavy atom. The van der Waals surface area contributed by atoms with Crippen LogP contribution in [-0.4, -0.2) is 6.54 Å². The van der Waals surface area contributed by atoms with Crippen molar-refractivity contribution in [2.24, 2.45) is 17.6 Å². The molecule has 0 amide bonds. The van der Waals surface area contributed by atoms with E-state index in [1.54, 1.807) is 0 Å². The van der Waals surface area contributed by atoms with Crippen LogP contribution < -0.4 is 5.73 Å². The molecular weight excluding hydrogens is 158 g/mol. The number of hydrogen-bond acceptors (Lipinski definition) is 1. The van der Waals surface area contributed by atoms with Crippen LogP contribution in [0.3, 0.4) is 0 Å². The molecule has 0 spiro atoms. The fourth-order valence-electron chi connectivity index (χ4n) is 1.77. The Morgan fingerprint density at radius 3 is 2.08 bits per heavy atom. The average Bonchev–Trinajstić information content (AvgIpc) is 2.10. The fraction of sp³-hybridized carbons (Fsp3) is 1.00. The minimum Gasteiger partial charge on any atom is -0.330 e. The van der Waals surface area contributed by atoms with Gasteiger partial charge in [0.1, 0.15) is 0 Å². The van der Waals surface area contributed by atoms with Crippen LogP contribution in [0.4, 0.5) is 0 Å². The maximum atomic E-state index is 5.70. The van der Waals surface area contributed by atoms with Crippen LogP contribution >= 0.6 is 0 Å². The lowest BCUT2D eigenvalue weighted by Crippen LogP contribution is -2.14. The molecule has 0 saturated heterocycles. The molecule has 0 aromatic rings. The van der Waals surface area contributed by atoms with E-state index in [2.05, 4.69) is 20.8 Å². The van der Waals surface area contributed by atoms with Crippen molar-refractivity contribution < 1.29 is 0 Å². The van der Waals surface area contributed by atoms with Gasteiger partial charge in [0.15, 0.2) is 0 Å². The summed E-state index contributed by atoms with van der Waals surface area (Å²) in [7, 11) is 0. The molecule has 1 nitrogen and oxygen atoms in total. The Balaban J connectivity index is 3.27. The quantitative estimate of drug-likeness (QED) is 0.575. The molecule has 0 rings (SSSR count). The molecule has 13 heavy (non-hydrogen) atoms. The van der Waals surface area contributed by atoms with Gasteiger partial charge >= 0.3 is 0 Å². The van der Waals surface area contributed by atoms with Crippen molar-refractivity contribution in [3.8, 4) is 0 Å². The summed E-state index contributed by atoms with van der Waals surface area (Å²) in [4.78, 5) is 0. The van der Waals surface area contributed by atoms with E-state index in [1.165, 1.54) is 38.5 Å². The van der Waals surface area contributed by atoms with Crippen LogP contribution in [0.1, 0.15) is 59.3 Å². The maximum Gasteiger partial charge on any atom is -0.00489 e. The molecule has 0 bridgehead atoms. The molecule has 0 fully saturated rings. The zero-order chi connectivity index (χ0) is 10.1. The van der Waals surface area contributed by atoms with Gasteiger partial charge in [-0.2, -0.15) is 0 Å². The lowest BCUT2D eigenvalue weighted by Gasteiger charge is -2.13. The van der Waals surface area contributed by atoms with E-state index in [0.717, 1.165) is 18.4 Å². The smallest absolute Gasteiger partial charge is 0.00489 e. The Hall–Kier alpha value is -0.0400. The lowest BCUT2D eigenvalue weighted by atomic mass is 9.95. The summed E-state index contributed by atoms with van der Waals surface area (Å²) in [6, 6.07) is 0. The normalized spacial score (nSPS) is 13.6. The average molecular weight is 185 g/mol. The summed E-state index contributed by atoms with van der Waals surface area (Å²) in [5, 5.41) is 0. The molecule has 80 valence electrons. The van der Waals surface area contributed by atoms with Gasteiger partial charge in [0, 0.05) is 0 Å². The van der Waals surface area contributed by atoms with Crippen molar-refractivity contribution in [2.75, 3.05) is 6.54 Å². The van der Waals surface area contributed by atoms with E-state index in [4.69, 9.17) is 5.73 Å². The fourth-order valence-corrected chi connectivity index (χ4v) is 1.77. The zero-order valence-electron chi connectivity index (χ0n) is 9.68. The van der Waals surface area contributed by atoms with Gasteiger partial charge in [0.25, 0.3) is 0 Å². The maximum absolute atomic E-state index is 5.70. The third-order valence-electron chi connectivity index (χ3n) is 2.67. The van der Waals surface area contributed by atoms with E-state index in [1.807, 2.05) is 0 Å². The van der Waals surface area contributed by atoms with Gasteiger partial charge in [0.05, 0.1) is 0 Å². The first-order valence-corrected chi connectivity index (χ1v) is 5.90. The molecule has 0 aromatic heterocycles. The molecule has 1 unspecified atom stereocenters. The van der Waals surface area contributed by atoms with Crippen LogP contribution in [0.5, 0.6) is 0 Å². The predicted molar refractivity (Wildman–Crippen MR) is 60.8 cm³/mol. The second-order valence-corrected chi connectivity index (χ2v) is 4.57. The molecule has 1 atom stereocenters. The number of nitrogens with two attached hydrogens (primary N) is 1. The van der Waals surface area contributed by atoms with Crippen LogP contribution in [-0.2, 0) is 0 Å². The Bertz CT molecular complexity index is 99.3.